The van der Waals surface area contributed by atoms with Crippen LogP contribution in [0.4, 0.5) is 65.9 Å². The van der Waals surface area contributed by atoms with E-state index in [2.05, 4.69) is 9.47 Å². The van der Waals surface area contributed by atoms with Crippen LogP contribution in [-0.4, -0.2) is 60.9 Å². The fourth-order valence-electron chi connectivity index (χ4n) is 1.79. The van der Waals surface area contributed by atoms with Gasteiger partial charge in [0.15, 0.2) is 5.76 Å². The van der Waals surface area contributed by atoms with E-state index in [0.717, 1.165) is 6.92 Å². The summed E-state index contributed by atoms with van der Waals surface area (Å²) in [6.45, 7) is -0.0562. The molecule has 0 unspecified atom stereocenters. The zero-order chi connectivity index (χ0) is 26.2. The molecule has 0 aromatic rings. The minimum Gasteiger partial charge on any atom is -0.491 e. The Morgan fingerprint density at radius 2 is 0.938 bits per heavy atom. The van der Waals surface area contributed by atoms with E-state index in [9.17, 15) is 70.7 Å². The molecular weight excluding hydrogens is 501 g/mol. The van der Waals surface area contributed by atoms with Gasteiger partial charge in [0.2, 0.25) is 0 Å². The Bertz CT molecular complexity index is 709. The van der Waals surface area contributed by atoms with Crippen LogP contribution in [0.1, 0.15) is 13.8 Å². The van der Waals surface area contributed by atoms with Crippen molar-refractivity contribution in [1.82, 2.24) is 0 Å². The van der Waals surface area contributed by atoms with Gasteiger partial charge < -0.3 is 9.47 Å². The first-order valence-electron chi connectivity index (χ1n) is 7.77. The number of esters is 1. The third kappa shape index (κ3) is 4.40. The Hall–Kier alpha value is -2.04. The quantitative estimate of drug-likeness (QED) is 0.160. The number of hydrogen-bond acceptors (Lipinski definition) is 3. The van der Waals surface area contributed by atoms with Gasteiger partial charge in [0.05, 0.1) is 19.3 Å². The molecule has 0 atom stereocenters. The van der Waals surface area contributed by atoms with Gasteiger partial charge in [0.1, 0.15) is 0 Å². The molecule has 18 heteroatoms. The number of ether oxygens (including phenoxy) is 2. The summed E-state index contributed by atoms with van der Waals surface area (Å²) >= 11 is 0. The molecule has 0 aromatic carbocycles. The van der Waals surface area contributed by atoms with Gasteiger partial charge in [-0.25, -0.2) is 4.79 Å². The number of allylic oxidation sites excluding steroid dienone is 1. The second-order valence-corrected chi connectivity index (χ2v) is 5.64. The highest BCUT2D eigenvalue weighted by molar-refractivity contribution is 5.82. The smallest absolute Gasteiger partial charge is 0.460 e. The molecular formula is C14H11F15O3. The maximum absolute atomic E-state index is 14.0. The molecule has 0 aromatic heterocycles. The van der Waals surface area contributed by atoms with Crippen LogP contribution >= 0.6 is 0 Å². The molecule has 3 nitrogen and oxygen atoms in total. The predicted octanol–water partition coefficient (Wildman–Crippen LogP) is 5.84. The summed E-state index contributed by atoms with van der Waals surface area (Å²) in [6, 6.07) is 0. The lowest BCUT2D eigenvalue weighted by atomic mass is 9.90. The van der Waals surface area contributed by atoms with Gasteiger partial charge >= 0.3 is 47.7 Å². The maximum Gasteiger partial charge on any atom is 0.460 e. The summed E-state index contributed by atoms with van der Waals surface area (Å²) in [5, 5.41) is 0. The standard InChI is InChI=1S/C14H11F15O3/c1-3-31-6(5-7(30)32-4-2)8(15,16)9(17,18)10(19,20)11(21,22)12(23,24)13(25,26)14(27,28)29/h5H,3-4H2,1-2H3/b6-5-. The van der Waals surface area contributed by atoms with E-state index < -0.39 is 72.7 Å². The molecule has 0 bridgehead atoms. The highest BCUT2D eigenvalue weighted by Crippen LogP contribution is 2.63. The number of carbonyl (C=O) groups is 1. The predicted molar refractivity (Wildman–Crippen MR) is 72.1 cm³/mol. The van der Waals surface area contributed by atoms with Gasteiger partial charge in [-0.1, -0.05) is 0 Å². The van der Waals surface area contributed by atoms with Crippen LogP contribution < -0.4 is 0 Å². The Labute approximate surface area is 168 Å². The van der Waals surface area contributed by atoms with E-state index in [0.29, 0.717) is 6.92 Å². The van der Waals surface area contributed by atoms with Crippen LogP contribution in [0, 0.1) is 0 Å². The van der Waals surface area contributed by atoms with Gasteiger partial charge in [0.25, 0.3) is 0 Å². The topological polar surface area (TPSA) is 35.5 Å². The van der Waals surface area contributed by atoms with Crippen LogP contribution in [0.2, 0.25) is 0 Å². The molecule has 0 spiro atoms. The monoisotopic (exact) mass is 512 g/mol. The van der Waals surface area contributed by atoms with Crippen molar-refractivity contribution in [3.05, 3.63) is 11.8 Å². The molecule has 0 rings (SSSR count). The van der Waals surface area contributed by atoms with Crippen LogP contribution in [0.3, 0.4) is 0 Å². The maximum atomic E-state index is 14.0. The van der Waals surface area contributed by atoms with Crippen LogP contribution in [0.15, 0.2) is 11.8 Å². The highest BCUT2D eigenvalue weighted by Gasteiger charge is 2.93. The molecule has 0 saturated heterocycles. The van der Waals surface area contributed by atoms with Crippen molar-refractivity contribution in [1.29, 1.82) is 0 Å². The third-order valence-electron chi connectivity index (χ3n) is 3.47. The molecule has 0 aliphatic heterocycles. The third-order valence-corrected chi connectivity index (χ3v) is 3.47. The fraction of sp³-hybridized carbons (Fsp3) is 0.786. The van der Waals surface area contributed by atoms with Gasteiger partial charge in [-0.3, -0.25) is 0 Å². The molecule has 190 valence electrons. The largest absolute Gasteiger partial charge is 0.491 e. The van der Waals surface area contributed by atoms with Gasteiger partial charge in [0, 0.05) is 0 Å². The molecule has 0 saturated carbocycles. The zero-order valence-electron chi connectivity index (χ0n) is 15.4. The number of hydrogen-bond donors (Lipinski definition) is 0. The van der Waals surface area contributed by atoms with Crippen molar-refractivity contribution in [3.8, 4) is 0 Å². The Morgan fingerprint density at radius 1 is 0.594 bits per heavy atom. The van der Waals surface area contributed by atoms with Gasteiger partial charge in [-0.2, -0.15) is 65.9 Å². The first kappa shape index (κ1) is 30.0. The van der Waals surface area contributed by atoms with Gasteiger partial charge in [-0.05, 0) is 13.8 Å². The Kier molecular flexibility index (Phi) is 8.16. The molecule has 0 radical (unpaired) electrons. The Morgan fingerprint density at radius 3 is 1.28 bits per heavy atom. The normalized spacial score (nSPS) is 15.6. The Balaban J connectivity index is 6.78. The molecule has 0 heterocycles. The van der Waals surface area contributed by atoms with Crippen LogP contribution in [0.5, 0.6) is 0 Å². The van der Waals surface area contributed by atoms with E-state index in [-0.39, 0.29) is 0 Å². The summed E-state index contributed by atoms with van der Waals surface area (Å²) in [6.07, 6.45) is -8.45. The molecule has 0 aliphatic rings. The average molecular weight is 512 g/mol. The van der Waals surface area contributed by atoms with E-state index in [1.54, 1.807) is 0 Å². The first-order chi connectivity index (χ1) is 13.9. The molecule has 0 N–H and O–H groups in total. The lowest BCUT2D eigenvalue weighted by Crippen LogP contribution is -2.72. The summed E-state index contributed by atoms with van der Waals surface area (Å²) in [5.41, 5.74) is 0. The van der Waals surface area contributed by atoms with Crippen molar-refractivity contribution in [3.63, 3.8) is 0 Å². The number of carbonyl (C=O) groups excluding carboxylic acids is 1. The lowest BCUT2D eigenvalue weighted by molar-refractivity contribution is -0.451. The van der Waals surface area contributed by atoms with Crippen molar-refractivity contribution in [2.24, 2.45) is 0 Å². The molecule has 0 amide bonds. The first-order valence-corrected chi connectivity index (χ1v) is 7.77. The van der Waals surface area contributed by atoms with E-state index in [1.165, 1.54) is 0 Å². The summed E-state index contributed by atoms with van der Waals surface area (Å²) in [5.74, 6) is -52.6. The van der Waals surface area contributed by atoms with E-state index in [1.807, 2.05) is 0 Å². The van der Waals surface area contributed by atoms with Crippen molar-refractivity contribution in [2.75, 3.05) is 13.2 Å². The number of alkyl halides is 15. The lowest BCUT2D eigenvalue weighted by Gasteiger charge is -2.41. The highest BCUT2D eigenvalue weighted by atomic mass is 19.4. The summed E-state index contributed by atoms with van der Waals surface area (Å²) < 4.78 is 205. The van der Waals surface area contributed by atoms with Crippen molar-refractivity contribution < 1.29 is 80.1 Å². The van der Waals surface area contributed by atoms with E-state index in [4.69, 9.17) is 0 Å². The second-order valence-electron chi connectivity index (χ2n) is 5.64. The minimum atomic E-state index is -8.42. The molecule has 0 fully saturated rings. The number of halogens is 15. The molecule has 32 heavy (non-hydrogen) atoms. The van der Waals surface area contributed by atoms with Crippen LogP contribution in [-0.2, 0) is 14.3 Å². The van der Waals surface area contributed by atoms with Gasteiger partial charge in [-0.15, -0.1) is 0 Å². The molecule has 0 aliphatic carbocycles. The number of rotatable bonds is 10. The van der Waals surface area contributed by atoms with Crippen LogP contribution in [0.25, 0.3) is 0 Å². The minimum absolute atomic E-state index is 0.635. The van der Waals surface area contributed by atoms with E-state index >= 15 is 0 Å². The van der Waals surface area contributed by atoms with Crippen molar-refractivity contribution in [2.45, 2.75) is 55.6 Å². The average Bonchev–Trinajstić information content (AvgIpc) is 2.59. The fourth-order valence-corrected chi connectivity index (χ4v) is 1.79. The second kappa shape index (κ2) is 8.72. The zero-order valence-corrected chi connectivity index (χ0v) is 15.4. The summed E-state index contributed by atoms with van der Waals surface area (Å²) in [4.78, 5) is 11.1. The SMILES string of the molecule is CCOC(=O)/C=C(\OCC)C(F)(F)C(F)(F)C(F)(F)C(F)(F)C(F)(F)C(F)(F)C(F)(F)F. The van der Waals surface area contributed by atoms with Crippen molar-refractivity contribution >= 4 is 5.97 Å². The summed E-state index contributed by atoms with van der Waals surface area (Å²) in [7, 11) is 0.